The fraction of sp³-hybridized carbons (Fsp3) is 0.200. The Morgan fingerprint density at radius 1 is 1.07 bits per heavy atom. The molecule has 0 N–H and O–H groups in total. The van der Waals surface area contributed by atoms with Gasteiger partial charge in [0.1, 0.15) is 12.4 Å². The molecule has 0 saturated carbocycles. The number of benzene rings is 2. The Kier molecular flexibility index (Phi) is 6.39. The molecule has 0 saturated heterocycles. The van der Waals surface area contributed by atoms with Gasteiger partial charge in [-0.25, -0.2) is 9.78 Å². The topological polar surface area (TPSA) is 81.6 Å². The van der Waals surface area contributed by atoms with Gasteiger partial charge in [-0.1, -0.05) is 23.7 Å². The molecule has 0 radical (unpaired) electrons. The van der Waals surface area contributed by atoms with Gasteiger partial charge in [-0.05, 0) is 36.4 Å². The number of esters is 1. The minimum atomic E-state index is -0.697. The van der Waals surface area contributed by atoms with Gasteiger partial charge in [0.15, 0.2) is 12.3 Å². The number of hydrogen-bond donors (Lipinski definition) is 0. The van der Waals surface area contributed by atoms with Gasteiger partial charge in [-0.2, -0.15) is 0 Å². The predicted octanol–water partition coefficient (Wildman–Crippen LogP) is 2.98. The third kappa shape index (κ3) is 5.17. The van der Waals surface area contributed by atoms with Crippen molar-refractivity contribution in [3.63, 3.8) is 0 Å². The summed E-state index contributed by atoms with van der Waals surface area (Å²) in [5, 5.41) is 0.623. The molecule has 1 heterocycles. The maximum atomic E-state index is 12.1. The number of carbonyl (C=O) groups excluding carboxylic acids is 2. The fourth-order valence-corrected chi connectivity index (χ4v) is 2.45. The number of halogens is 1. The minimum Gasteiger partial charge on any atom is -0.492 e. The molecule has 0 aliphatic heterocycles. The summed E-state index contributed by atoms with van der Waals surface area (Å²) in [6.45, 7) is 0.257. The number of rotatable bonds is 7. The van der Waals surface area contributed by atoms with E-state index in [-0.39, 0.29) is 18.2 Å². The van der Waals surface area contributed by atoms with E-state index in [4.69, 9.17) is 21.1 Å². The van der Waals surface area contributed by atoms with Crippen molar-refractivity contribution in [3.8, 4) is 5.75 Å². The van der Waals surface area contributed by atoms with Crippen molar-refractivity contribution in [2.45, 2.75) is 0 Å². The molecule has 28 heavy (non-hydrogen) atoms. The molecule has 1 aromatic heterocycles. The van der Waals surface area contributed by atoms with Crippen LogP contribution in [0, 0.1) is 0 Å². The zero-order valence-corrected chi connectivity index (χ0v) is 15.9. The molecular weight excluding hydrogens is 382 g/mol. The van der Waals surface area contributed by atoms with Crippen molar-refractivity contribution < 1.29 is 19.1 Å². The van der Waals surface area contributed by atoms with E-state index in [0.717, 1.165) is 0 Å². The summed E-state index contributed by atoms with van der Waals surface area (Å²) in [5.74, 6) is -0.384. The molecule has 144 valence electrons. The van der Waals surface area contributed by atoms with Gasteiger partial charge in [0.05, 0.1) is 23.8 Å². The largest absolute Gasteiger partial charge is 0.492 e. The number of amides is 1. The van der Waals surface area contributed by atoms with E-state index in [1.54, 1.807) is 49.5 Å². The molecule has 0 spiro atoms. The third-order valence-electron chi connectivity index (χ3n) is 3.92. The molecule has 7 nitrogen and oxygen atoms in total. The lowest BCUT2D eigenvalue weighted by Gasteiger charge is -2.17. The highest BCUT2D eigenvalue weighted by Crippen LogP contribution is 2.15. The van der Waals surface area contributed by atoms with Crippen LogP contribution in [0.2, 0.25) is 5.02 Å². The molecule has 3 rings (SSSR count). The molecule has 8 heteroatoms. The molecule has 0 unspecified atom stereocenters. The second-order valence-electron chi connectivity index (χ2n) is 5.94. The van der Waals surface area contributed by atoms with Gasteiger partial charge in [0.2, 0.25) is 0 Å². The number of para-hydroxylation sites is 2. The van der Waals surface area contributed by atoms with Gasteiger partial charge in [0.25, 0.3) is 5.91 Å². The van der Waals surface area contributed by atoms with Crippen molar-refractivity contribution in [2.24, 2.45) is 0 Å². The monoisotopic (exact) mass is 399 g/mol. The van der Waals surface area contributed by atoms with Gasteiger partial charge >= 0.3 is 5.97 Å². The normalized spacial score (nSPS) is 10.5. The van der Waals surface area contributed by atoms with Gasteiger partial charge in [-0.3, -0.25) is 9.78 Å². The quantitative estimate of drug-likeness (QED) is 0.568. The van der Waals surface area contributed by atoms with Crippen LogP contribution in [0.4, 0.5) is 0 Å². The van der Waals surface area contributed by atoms with E-state index >= 15 is 0 Å². The van der Waals surface area contributed by atoms with Gasteiger partial charge < -0.3 is 14.4 Å². The average Bonchev–Trinajstić information content (AvgIpc) is 2.72. The van der Waals surface area contributed by atoms with E-state index in [9.17, 15) is 9.59 Å². The number of carbonyl (C=O) groups is 2. The smallest absolute Gasteiger partial charge is 0.359 e. The van der Waals surface area contributed by atoms with Crippen molar-refractivity contribution in [2.75, 3.05) is 26.8 Å². The van der Waals surface area contributed by atoms with Crippen LogP contribution in [0.1, 0.15) is 10.5 Å². The molecular formula is C20H18ClN3O4. The highest BCUT2D eigenvalue weighted by Gasteiger charge is 2.15. The Bertz CT molecular complexity index is 979. The highest BCUT2D eigenvalue weighted by atomic mass is 35.5. The van der Waals surface area contributed by atoms with Crippen LogP contribution in [-0.4, -0.2) is 53.6 Å². The number of ether oxygens (including phenoxy) is 2. The first-order valence-corrected chi connectivity index (χ1v) is 8.92. The third-order valence-corrected chi connectivity index (χ3v) is 4.17. The number of hydrogen-bond acceptors (Lipinski definition) is 6. The van der Waals surface area contributed by atoms with Crippen LogP contribution in [0.5, 0.6) is 5.75 Å². The van der Waals surface area contributed by atoms with Gasteiger partial charge in [-0.15, -0.1) is 0 Å². The van der Waals surface area contributed by atoms with E-state index in [0.29, 0.717) is 35.0 Å². The molecule has 0 atom stereocenters. The fourth-order valence-electron chi connectivity index (χ4n) is 2.32. The molecule has 0 aliphatic rings. The Morgan fingerprint density at radius 2 is 1.79 bits per heavy atom. The van der Waals surface area contributed by atoms with Crippen molar-refractivity contribution in [3.05, 3.63) is 65.4 Å². The zero-order chi connectivity index (χ0) is 19.9. The average molecular weight is 400 g/mol. The first-order chi connectivity index (χ1) is 13.5. The summed E-state index contributed by atoms with van der Waals surface area (Å²) in [5.41, 5.74) is 1.32. The summed E-state index contributed by atoms with van der Waals surface area (Å²) in [4.78, 5) is 34.0. The lowest BCUT2D eigenvalue weighted by Crippen LogP contribution is -2.34. The van der Waals surface area contributed by atoms with Crippen LogP contribution >= 0.6 is 11.6 Å². The zero-order valence-electron chi connectivity index (χ0n) is 15.2. The first-order valence-electron chi connectivity index (χ1n) is 8.54. The van der Waals surface area contributed by atoms with Crippen molar-refractivity contribution >= 4 is 34.5 Å². The number of nitrogens with zero attached hydrogens (tertiary/aromatic N) is 3. The number of fused-ring (bicyclic) bond motifs is 1. The minimum absolute atomic E-state index is 0.0558. The summed E-state index contributed by atoms with van der Waals surface area (Å²) in [6, 6.07) is 14.1. The Labute approximate surface area is 166 Å². The van der Waals surface area contributed by atoms with Gasteiger partial charge in [0, 0.05) is 12.1 Å². The SMILES string of the molecule is CN(CCOc1ccc(Cl)cc1)C(=O)COC(=O)c1cnc2ccccc2n1. The van der Waals surface area contributed by atoms with E-state index in [1.165, 1.54) is 11.1 Å². The Balaban J connectivity index is 1.45. The van der Waals surface area contributed by atoms with Crippen LogP contribution in [0.3, 0.4) is 0 Å². The van der Waals surface area contributed by atoms with Crippen molar-refractivity contribution in [1.82, 2.24) is 14.9 Å². The predicted molar refractivity (Wildman–Crippen MR) is 104 cm³/mol. The second kappa shape index (κ2) is 9.14. The van der Waals surface area contributed by atoms with Crippen molar-refractivity contribution in [1.29, 1.82) is 0 Å². The molecule has 3 aromatic rings. The number of aromatic nitrogens is 2. The molecule has 0 aliphatic carbocycles. The summed E-state index contributed by atoms with van der Waals surface area (Å²) in [7, 11) is 1.61. The maximum Gasteiger partial charge on any atom is 0.359 e. The van der Waals surface area contributed by atoms with E-state index in [1.807, 2.05) is 6.07 Å². The summed E-state index contributed by atoms with van der Waals surface area (Å²) < 4.78 is 10.6. The lowest BCUT2D eigenvalue weighted by atomic mass is 10.3. The first kappa shape index (κ1) is 19.6. The van der Waals surface area contributed by atoms with Crippen LogP contribution in [-0.2, 0) is 9.53 Å². The molecule has 2 aromatic carbocycles. The summed E-state index contributed by atoms with van der Waals surface area (Å²) in [6.07, 6.45) is 1.33. The Morgan fingerprint density at radius 3 is 2.54 bits per heavy atom. The van der Waals surface area contributed by atoms with E-state index < -0.39 is 5.97 Å². The lowest BCUT2D eigenvalue weighted by molar-refractivity contribution is -0.133. The van der Waals surface area contributed by atoms with Crippen LogP contribution in [0.25, 0.3) is 11.0 Å². The highest BCUT2D eigenvalue weighted by molar-refractivity contribution is 6.30. The Hall–Kier alpha value is -3.19. The number of likely N-dealkylation sites (N-methyl/N-ethyl adjacent to an activating group) is 1. The maximum absolute atomic E-state index is 12.1. The van der Waals surface area contributed by atoms with Crippen LogP contribution in [0.15, 0.2) is 54.7 Å². The van der Waals surface area contributed by atoms with Crippen LogP contribution < -0.4 is 4.74 Å². The molecule has 0 bridgehead atoms. The standard InChI is InChI=1S/C20H18ClN3O4/c1-24(10-11-27-15-8-6-14(21)7-9-15)19(25)13-28-20(26)18-12-22-16-4-2-3-5-17(16)23-18/h2-9,12H,10-11,13H2,1H3. The molecule has 1 amide bonds. The second-order valence-corrected chi connectivity index (χ2v) is 6.37. The summed E-state index contributed by atoms with van der Waals surface area (Å²) >= 11 is 5.81. The van der Waals surface area contributed by atoms with E-state index in [2.05, 4.69) is 9.97 Å². The molecule has 0 fully saturated rings.